The van der Waals surface area contributed by atoms with Gasteiger partial charge in [-0.3, -0.25) is 4.79 Å². The van der Waals surface area contributed by atoms with E-state index in [4.69, 9.17) is 11.6 Å². The van der Waals surface area contributed by atoms with Crippen molar-refractivity contribution in [2.45, 2.75) is 12.2 Å². The maximum atomic E-state index is 10.5. The molecule has 0 aliphatic heterocycles. The molecule has 0 aliphatic carbocycles. The first-order chi connectivity index (χ1) is 4.57. The van der Waals surface area contributed by atoms with Crippen LogP contribution in [-0.2, 0) is 0 Å². The van der Waals surface area contributed by atoms with Gasteiger partial charge in [-0.1, -0.05) is 6.92 Å². The highest BCUT2D eigenvalue weighted by Gasteiger charge is 2.07. The summed E-state index contributed by atoms with van der Waals surface area (Å²) in [4.78, 5) is 12.0. The highest BCUT2D eigenvalue weighted by Crippen LogP contribution is 2.07. The fourth-order valence-electron chi connectivity index (χ4n) is 0.532. The number of carbonyl (C=O) groups is 1. The summed E-state index contributed by atoms with van der Waals surface area (Å²) >= 11 is 6.93. The molecule has 0 fully saturated rings. The van der Waals surface area contributed by atoms with E-state index in [1.54, 1.807) is 18.8 Å². The van der Waals surface area contributed by atoms with Gasteiger partial charge in [-0.15, -0.1) is 0 Å². The van der Waals surface area contributed by atoms with Crippen molar-refractivity contribution in [1.82, 2.24) is 4.90 Å². The molecule has 0 saturated carbocycles. The van der Waals surface area contributed by atoms with Gasteiger partial charge in [-0.25, -0.2) is 0 Å². The van der Waals surface area contributed by atoms with Crippen LogP contribution in [0.3, 0.4) is 0 Å². The second-order valence-corrected chi connectivity index (χ2v) is 3.78. The standard InChI is InChI=1S/C6H12ClNOS/c1-5(10-3)4-8(2)6(7)9/h5H,4H2,1-3H3. The summed E-state index contributed by atoms with van der Waals surface area (Å²) in [5, 5.41) is 0.0635. The Balaban J connectivity index is 3.56. The third kappa shape index (κ3) is 4.01. The summed E-state index contributed by atoms with van der Waals surface area (Å²) in [6.45, 7) is 2.77. The monoisotopic (exact) mass is 181 g/mol. The van der Waals surface area contributed by atoms with E-state index in [0.717, 1.165) is 0 Å². The van der Waals surface area contributed by atoms with Crippen LogP contribution >= 0.6 is 23.4 Å². The average Bonchev–Trinajstić information content (AvgIpc) is 1.87. The van der Waals surface area contributed by atoms with Gasteiger partial charge >= 0.3 is 5.37 Å². The normalized spacial score (nSPS) is 12.8. The first-order valence-electron chi connectivity index (χ1n) is 3.01. The molecule has 1 atom stereocenters. The largest absolute Gasteiger partial charge is 0.331 e. The number of thioether (sulfide) groups is 1. The number of hydrogen-bond donors (Lipinski definition) is 0. The zero-order valence-electron chi connectivity index (χ0n) is 6.43. The third-order valence-corrected chi connectivity index (χ3v) is 2.48. The number of rotatable bonds is 3. The molecule has 2 nitrogen and oxygen atoms in total. The fraction of sp³-hybridized carbons (Fsp3) is 0.833. The van der Waals surface area contributed by atoms with Crippen LogP contribution in [0.5, 0.6) is 0 Å². The molecular formula is C6H12ClNOS. The molecular weight excluding hydrogens is 170 g/mol. The minimum absolute atomic E-state index is 0.388. The summed E-state index contributed by atoms with van der Waals surface area (Å²) in [6.07, 6.45) is 2.01. The highest BCUT2D eigenvalue weighted by atomic mass is 35.5. The summed E-state index contributed by atoms with van der Waals surface area (Å²) in [5.41, 5.74) is 0. The number of nitrogens with zero attached hydrogens (tertiary/aromatic N) is 1. The van der Waals surface area contributed by atoms with Crippen LogP contribution in [0.4, 0.5) is 4.79 Å². The van der Waals surface area contributed by atoms with Gasteiger partial charge in [0.2, 0.25) is 0 Å². The van der Waals surface area contributed by atoms with Crippen LogP contribution in [0.15, 0.2) is 0 Å². The molecule has 0 saturated heterocycles. The second-order valence-electron chi connectivity index (χ2n) is 2.18. The van der Waals surface area contributed by atoms with E-state index in [-0.39, 0.29) is 5.37 Å². The molecule has 0 aromatic heterocycles. The SMILES string of the molecule is CSC(C)CN(C)C(=O)Cl. The van der Waals surface area contributed by atoms with Crippen LogP contribution in [0.25, 0.3) is 0 Å². The first-order valence-corrected chi connectivity index (χ1v) is 4.68. The lowest BCUT2D eigenvalue weighted by atomic mass is 10.4. The molecule has 1 amide bonds. The zero-order valence-corrected chi connectivity index (χ0v) is 8.00. The van der Waals surface area contributed by atoms with Crippen LogP contribution < -0.4 is 0 Å². The van der Waals surface area contributed by atoms with Crippen LogP contribution in [-0.4, -0.2) is 35.4 Å². The number of halogens is 1. The molecule has 0 rings (SSSR count). The predicted octanol–water partition coefficient (Wildman–Crippen LogP) is 2.03. The molecule has 0 radical (unpaired) electrons. The Morgan fingerprint density at radius 1 is 1.80 bits per heavy atom. The summed E-state index contributed by atoms with van der Waals surface area (Å²) in [5.74, 6) is 0. The Bertz CT molecular complexity index is 120. The number of carbonyl (C=O) groups excluding carboxylic acids is 1. The molecule has 0 aromatic carbocycles. The van der Waals surface area contributed by atoms with Gasteiger partial charge in [0.05, 0.1) is 0 Å². The quantitative estimate of drug-likeness (QED) is 0.491. The van der Waals surface area contributed by atoms with Gasteiger partial charge in [-0.05, 0) is 17.9 Å². The first kappa shape index (κ1) is 10.1. The van der Waals surface area contributed by atoms with Crippen molar-refractivity contribution in [3.8, 4) is 0 Å². The van der Waals surface area contributed by atoms with E-state index >= 15 is 0 Å². The van der Waals surface area contributed by atoms with Gasteiger partial charge in [-0.2, -0.15) is 11.8 Å². The van der Waals surface area contributed by atoms with Crippen molar-refractivity contribution in [3.05, 3.63) is 0 Å². The highest BCUT2D eigenvalue weighted by molar-refractivity contribution is 7.99. The van der Waals surface area contributed by atoms with Crippen LogP contribution in [0.2, 0.25) is 0 Å². The Kier molecular flexibility index (Phi) is 4.91. The lowest BCUT2D eigenvalue weighted by Crippen LogP contribution is -2.27. The summed E-state index contributed by atoms with van der Waals surface area (Å²) in [6, 6.07) is 0. The minimum Gasteiger partial charge on any atom is -0.331 e. The van der Waals surface area contributed by atoms with E-state index in [2.05, 4.69) is 6.92 Å². The molecule has 10 heavy (non-hydrogen) atoms. The topological polar surface area (TPSA) is 20.3 Å². The van der Waals surface area contributed by atoms with Crippen LogP contribution in [0.1, 0.15) is 6.92 Å². The van der Waals surface area contributed by atoms with E-state index < -0.39 is 0 Å². The van der Waals surface area contributed by atoms with E-state index in [0.29, 0.717) is 11.8 Å². The van der Waals surface area contributed by atoms with Crippen molar-refractivity contribution >= 4 is 28.7 Å². The zero-order chi connectivity index (χ0) is 8.15. The molecule has 0 aromatic rings. The average molecular weight is 182 g/mol. The predicted molar refractivity (Wildman–Crippen MR) is 46.9 cm³/mol. The van der Waals surface area contributed by atoms with Crippen LogP contribution in [0, 0.1) is 0 Å². The van der Waals surface area contributed by atoms with E-state index in [1.165, 1.54) is 4.90 Å². The molecule has 60 valence electrons. The molecule has 1 unspecified atom stereocenters. The van der Waals surface area contributed by atoms with Crippen molar-refractivity contribution in [2.75, 3.05) is 19.8 Å². The smallest absolute Gasteiger partial charge is 0.316 e. The lowest BCUT2D eigenvalue weighted by molar-refractivity contribution is 0.232. The van der Waals surface area contributed by atoms with E-state index in [1.807, 2.05) is 6.26 Å². The number of hydrogen-bond acceptors (Lipinski definition) is 2. The minimum atomic E-state index is -0.388. The fourth-order valence-corrected chi connectivity index (χ4v) is 0.974. The third-order valence-electron chi connectivity index (χ3n) is 1.23. The molecule has 0 N–H and O–H groups in total. The molecule has 4 heteroatoms. The molecule has 0 bridgehead atoms. The lowest BCUT2D eigenvalue weighted by Gasteiger charge is -2.16. The van der Waals surface area contributed by atoms with Gasteiger partial charge in [0.15, 0.2) is 0 Å². The van der Waals surface area contributed by atoms with Crippen molar-refractivity contribution in [1.29, 1.82) is 0 Å². The van der Waals surface area contributed by atoms with Gasteiger partial charge in [0.25, 0.3) is 0 Å². The molecule has 0 aliphatic rings. The Morgan fingerprint density at radius 2 is 2.30 bits per heavy atom. The number of amides is 1. The van der Waals surface area contributed by atoms with Crippen molar-refractivity contribution < 1.29 is 4.79 Å². The second kappa shape index (κ2) is 4.85. The van der Waals surface area contributed by atoms with Gasteiger partial charge in [0.1, 0.15) is 0 Å². The van der Waals surface area contributed by atoms with Gasteiger partial charge < -0.3 is 4.90 Å². The molecule has 0 spiro atoms. The molecule has 0 heterocycles. The van der Waals surface area contributed by atoms with E-state index in [9.17, 15) is 4.79 Å². The van der Waals surface area contributed by atoms with Crippen molar-refractivity contribution in [2.24, 2.45) is 0 Å². The Labute approximate surface area is 70.9 Å². The van der Waals surface area contributed by atoms with Crippen molar-refractivity contribution in [3.63, 3.8) is 0 Å². The summed E-state index contributed by atoms with van der Waals surface area (Å²) < 4.78 is 0. The Morgan fingerprint density at radius 3 is 2.60 bits per heavy atom. The maximum absolute atomic E-state index is 10.5. The maximum Gasteiger partial charge on any atom is 0.316 e. The Hall–Kier alpha value is 0.110. The summed E-state index contributed by atoms with van der Waals surface area (Å²) in [7, 11) is 1.70. The van der Waals surface area contributed by atoms with Gasteiger partial charge in [0, 0.05) is 18.8 Å².